The maximum absolute atomic E-state index is 12.0. The molecule has 144 valence electrons. The topological polar surface area (TPSA) is 111 Å². The highest BCUT2D eigenvalue weighted by atomic mass is 16.6. The number of hydrogen-bond donors (Lipinski definition) is 1. The second-order valence-corrected chi connectivity index (χ2v) is 7.11. The SMILES string of the molecule is CC(C)(C)OC(=O)N1CCN(CCOc2cccc(N)c2[N+](=O)[O-])CC1. The molecule has 0 unspecified atom stereocenters. The lowest BCUT2D eigenvalue weighted by Gasteiger charge is -2.35. The monoisotopic (exact) mass is 366 g/mol. The normalized spacial score (nSPS) is 15.6. The molecule has 1 aromatic rings. The number of benzene rings is 1. The van der Waals surface area contributed by atoms with E-state index in [1.807, 2.05) is 20.8 Å². The van der Waals surface area contributed by atoms with Gasteiger partial charge in [-0.15, -0.1) is 0 Å². The maximum Gasteiger partial charge on any atom is 0.410 e. The first-order chi connectivity index (χ1) is 12.2. The van der Waals surface area contributed by atoms with Crippen molar-refractivity contribution in [3.05, 3.63) is 28.3 Å². The molecular weight excluding hydrogens is 340 g/mol. The molecule has 9 nitrogen and oxygen atoms in total. The maximum atomic E-state index is 12.0. The van der Waals surface area contributed by atoms with E-state index in [0.717, 1.165) is 0 Å². The summed E-state index contributed by atoms with van der Waals surface area (Å²) in [7, 11) is 0. The summed E-state index contributed by atoms with van der Waals surface area (Å²) in [6, 6.07) is 4.63. The molecule has 0 saturated carbocycles. The minimum atomic E-state index is -0.537. The molecule has 2 rings (SSSR count). The van der Waals surface area contributed by atoms with Crippen LogP contribution in [0.2, 0.25) is 0 Å². The standard InChI is InChI=1S/C17H26N4O5/c1-17(2,3)26-16(22)20-9-7-19(8-10-20)11-12-25-14-6-4-5-13(18)15(14)21(23)24/h4-6H,7-12,18H2,1-3H3. The molecule has 0 spiro atoms. The molecule has 2 N–H and O–H groups in total. The van der Waals surface area contributed by atoms with E-state index in [2.05, 4.69) is 4.90 Å². The summed E-state index contributed by atoms with van der Waals surface area (Å²) < 4.78 is 10.9. The van der Waals surface area contributed by atoms with Crippen molar-refractivity contribution in [1.82, 2.24) is 9.80 Å². The van der Waals surface area contributed by atoms with Crippen LogP contribution in [0.1, 0.15) is 20.8 Å². The van der Waals surface area contributed by atoms with Gasteiger partial charge in [0.2, 0.25) is 0 Å². The summed E-state index contributed by atoms with van der Waals surface area (Å²) in [5.74, 6) is 0.169. The summed E-state index contributed by atoms with van der Waals surface area (Å²) in [4.78, 5) is 26.4. The van der Waals surface area contributed by atoms with Crippen LogP contribution in [0.4, 0.5) is 16.2 Å². The average Bonchev–Trinajstić information content (AvgIpc) is 2.53. The van der Waals surface area contributed by atoms with Crippen LogP contribution in [0.5, 0.6) is 5.75 Å². The number of hydrogen-bond acceptors (Lipinski definition) is 7. The van der Waals surface area contributed by atoms with Gasteiger partial charge in [-0.25, -0.2) is 4.79 Å². The van der Waals surface area contributed by atoms with E-state index < -0.39 is 10.5 Å². The molecular formula is C17H26N4O5. The lowest BCUT2D eigenvalue weighted by Crippen LogP contribution is -2.50. The number of rotatable bonds is 5. The minimum absolute atomic E-state index is 0.0819. The van der Waals surface area contributed by atoms with E-state index in [0.29, 0.717) is 39.3 Å². The van der Waals surface area contributed by atoms with Gasteiger partial charge in [-0.1, -0.05) is 6.07 Å². The van der Waals surface area contributed by atoms with Gasteiger partial charge in [-0.3, -0.25) is 15.0 Å². The number of carbonyl (C=O) groups is 1. The Kier molecular flexibility index (Phi) is 6.25. The number of amides is 1. The van der Waals surface area contributed by atoms with E-state index in [4.69, 9.17) is 15.2 Å². The summed E-state index contributed by atoms with van der Waals surface area (Å²) in [5, 5.41) is 11.1. The average molecular weight is 366 g/mol. The van der Waals surface area contributed by atoms with Crippen molar-refractivity contribution >= 4 is 17.5 Å². The number of para-hydroxylation sites is 1. The highest BCUT2D eigenvalue weighted by molar-refractivity contribution is 5.68. The van der Waals surface area contributed by atoms with Crippen molar-refractivity contribution in [2.75, 3.05) is 45.1 Å². The van der Waals surface area contributed by atoms with Gasteiger partial charge in [0.15, 0.2) is 5.75 Å². The Labute approximate surface area is 152 Å². The molecule has 1 aromatic carbocycles. The second kappa shape index (κ2) is 8.22. The summed E-state index contributed by atoms with van der Waals surface area (Å²) >= 11 is 0. The molecule has 0 atom stereocenters. The molecule has 0 radical (unpaired) electrons. The fourth-order valence-electron chi connectivity index (χ4n) is 2.62. The van der Waals surface area contributed by atoms with Gasteiger partial charge in [-0.2, -0.15) is 0 Å². The number of nitro benzene ring substituents is 1. The Hall–Kier alpha value is -2.55. The smallest absolute Gasteiger partial charge is 0.410 e. The van der Waals surface area contributed by atoms with Gasteiger partial charge in [0.05, 0.1) is 4.92 Å². The number of nitrogen functional groups attached to an aromatic ring is 1. The van der Waals surface area contributed by atoms with Crippen LogP contribution in [0.3, 0.4) is 0 Å². The molecule has 1 heterocycles. The van der Waals surface area contributed by atoms with Crippen molar-refractivity contribution in [2.45, 2.75) is 26.4 Å². The lowest BCUT2D eigenvalue weighted by atomic mass is 10.2. The zero-order valence-electron chi connectivity index (χ0n) is 15.4. The minimum Gasteiger partial charge on any atom is -0.485 e. The number of nitrogens with two attached hydrogens (primary N) is 1. The van der Waals surface area contributed by atoms with Gasteiger partial charge < -0.3 is 20.1 Å². The summed E-state index contributed by atoms with van der Waals surface area (Å²) in [6.07, 6.45) is -0.302. The molecule has 1 aliphatic rings. The van der Waals surface area contributed by atoms with Crippen LogP contribution in [0.15, 0.2) is 18.2 Å². The Bertz CT molecular complexity index is 651. The van der Waals surface area contributed by atoms with E-state index >= 15 is 0 Å². The summed E-state index contributed by atoms with van der Waals surface area (Å²) in [6.45, 7) is 8.98. The third-order valence-corrected chi connectivity index (χ3v) is 3.90. The molecule has 1 fully saturated rings. The number of nitro groups is 1. The number of ether oxygens (including phenoxy) is 2. The molecule has 1 amide bonds. The van der Waals surface area contributed by atoms with Gasteiger partial charge >= 0.3 is 11.8 Å². The van der Waals surface area contributed by atoms with Crippen LogP contribution in [0.25, 0.3) is 0 Å². The van der Waals surface area contributed by atoms with Crippen molar-refractivity contribution in [3.8, 4) is 5.75 Å². The molecule has 9 heteroatoms. The van der Waals surface area contributed by atoms with Gasteiger partial charge in [0, 0.05) is 32.7 Å². The van der Waals surface area contributed by atoms with E-state index in [9.17, 15) is 14.9 Å². The number of carbonyl (C=O) groups excluding carboxylic acids is 1. The quantitative estimate of drug-likeness (QED) is 0.482. The van der Waals surface area contributed by atoms with Crippen molar-refractivity contribution in [1.29, 1.82) is 0 Å². The Morgan fingerprint density at radius 2 is 1.92 bits per heavy atom. The Morgan fingerprint density at radius 3 is 2.50 bits per heavy atom. The first kappa shape index (κ1) is 19.8. The first-order valence-corrected chi connectivity index (χ1v) is 8.53. The summed E-state index contributed by atoms with van der Waals surface area (Å²) in [5.41, 5.74) is 5.01. The molecule has 1 saturated heterocycles. The number of nitrogens with zero attached hydrogens (tertiary/aromatic N) is 3. The van der Waals surface area contributed by atoms with Crippen molar-refractivity contribution < 1.29 is 19.2 Å². The van der Waals surface area contributed by atoms with Gasteiger partial charge in [0.25, 0.3) is 0 Å². The predicted molar refractivity (Wildman–Crippen MR) is 97.3 cm³/mol. The molecule has 1 aliphatic heterocycles. The first-order valence-electron chi connectivity index (χ1n) is 8.53. The highest BCUT2D eigenvalue weighted by Gasteiger charge is 2.26. The molecule has 0 aromatic heterocycles. The van der Waals surface area contributed by atoms with Gasteiger partial charge in [-0.05, 0) is 32.9 Å². The largest absolute Gasteiger partial charge is 0.485 e. The van der Waals surface area contributed by atoms with E-state index in [1.54, 1.807) is 11.0 Å². The Balaban J connectivity index is 1.79. The molecule has 26 heavy (non-hydrogen) atoms. The lowest BCUT2D eigenvalue weighted by molar-refractivity contribution is -0.384. The number of piperazine rings is 1. The van der Waals surface area contributed by atoms with Crippen LogP contribution in [-0.4, -0.2) is 65.7 Å². The number of anilines is 1. The van der Waals surface area contributed by atoms with E-state index in [1.165, 1.54) is 12.1 Å². The Morgan fingerprint density at radius 1 is 1.27 bits per heavy atom. The van der Waals surface area contributed by atoms with Crippen molar-refractivity contribution in [3.63, 3.8) is 0 Å². The zero-order valence-corrected chi connectivity index (χ0v) is 15.4. The zero-order chi connectivity index (χ0) is 19.3. The van der Waals surface area contributed by atoms with Crippen LogP contribution < -0.4 is 10.5 Å². The van der Waals surface area contributed by atoms with Crippen LogP contribution in [0, 0.1) is 10.1 Å². The predicted octanol–water partition coefficient (Wildman–Crippen LogP) is 2.11. The highest BCUT2D eigenvalue weighted by Crippen LogP contribution is 2.32. The third kappa shape index (κ3) is 5.48. The molecule has 0 aliphatic carbocycles. The fourth-order valence-corrected chi connectivity index (χ4v) is 2.62. The third-order valence-electron chi connectivity index (χ3n) is 3.90. The molecule has 0 bridgehead atoms. The van der Waals surface area contributed by atoms with E-state index in [-0.39, 0.29) is 23.2 Å². The van der Waals surface area contributed by atoms with Crippen LogP contribution >= 0.6 is 0 Å². The van der Waals surface area contributed by atoms with Gasteiger partial charge in [0.1, 0.15) is 17.9 Å². The second-order valence-electron chi connectivity index (χ2n) is 7.11. The van der Waals surface area contributed by atoms with Crippen molar-refractivity contribution in [2.24, 2.45) is 0 Å². The van der Waals surface area contributed by atoms with Crippen LogP contribution in [-0.2, 0) is 4.74 Å². The fraction of sp³-hybridized carbons (Fsp3) is 0.588.